The first-order valence-electron chi connectivity index (χ1n) is 7.51. The van der Waals surface area contributed by atoms with Crippen LogP contribution in [0.25, 0.3) is 0 Å². The number of rotatable bonds is 7. The van der Waals surface area contributed by atoms with Gasteiger partial charge in [-0.25, -0.2) is 5.43 Å². The smallest absolute Gasteiger partial charge is 0.259 e. The van der Waals surface area contributed by atoms with E-state index in [2.05, 4.69) is 15.8 Å². The molecule has 0 aliphatic carbocycles. The molecule has 0 saturated heterocycles. The highest BCUT2D eigenvalue weighted by molar-refractivity contribution is 7.98. The van der Waals surface area contributed by atoms with Crippen LogP contribution in [-0.2, 0) is 4.79 Å². The van der Waals surface area contributed by atoms with Gasteiger partial charge in [0.2, 0.25) is 0 Å². The molecule has 0 aromatic heterocycles. The number of hydrogen-bond acceptors (Lipinski definition) is 5. The lowest BCUT2D eigenvalue weighted by Gasteiger charge is -2.08. The average molecular weight is 357 g/mol. The molecule has 0 bridgehead atoms. The van der Waals surface area contributed by atoms with E-state index in [0.717, 1.165) is 10.5 Å². The Balaban J connectivity index is 1.81. The lowest BCUT2D eigenvalue weighted by molar-refractivity contribution is -0.120. The first kappa shape index (κ1) is 18.5. The molecule has 0 atom stereocenters. The van der Waals surface area contributed by atoms with Crippen LogP contribution in [0.3, 0.4) is 0 Å². The van der Waals surface area contributed by atoms with E-state index in [1.54, 1.807) is 42.2 Å². The first-order valence-corrected chi connectivity index (χ1v) is 8.73. The van der Waals surface area contributed by atoms with Crippen molar-refractivity contribution in [3.8, 4) is 5.75 Å². The van der Waals surface area contributed by atoms with Gasteiger partial charge >= 0.3 is 0 Å². The molecule has 0 aliphatic rings. The Kier molecular flexibility index (Phi) is 7.03. The van der Waals surface area contributed by atoms with Crippen LogP contribution in [-0.4, -0.2) is 37.9 Å². The molecule has 130 valence electrons. The summed E-state index contributed by atoms with van der Waals surface area (Å²) in [4.78, 5) is 25.0. The second-order valence-corrected chi connectivity index (χ2v) is 5.83. The molecule has 2 amide bonds. The molecule has 6 nitrogen and oxygen atoms in total. The zero-order chi connectivity index (χ0) is 18.1. The van der Waals surface area contributed by atoms with Crippen molar-refractivity contribution < 1.29 is 14.3 Å². The summed E-state index contributed by atoms with van der Waals surface area (Å²) >= 11 is 1.65. The van der Waals surface area contributed by atoms with Crippen LogP contribution < -0.4 is 15.5 Å². The molecule has 25 heavy (non-hydrogen) atoms. The quantitative estimate of drug-likeness (QED) is 0.453. The first-order chi connectivity index (χ1) is 12.1. The van der Waals surface area contributed by atoms with Crippen LogP contribution >= 0.6 is 11.8 Å². The Bertz CT molecular complexity index is 760. The number of carbonyl (C=O) groups excluding carboxylic acids is 2. The van der Waals surface area contributed by atoms with E-state index >= 15 is 0 Å². The van der Waals surface area contributed by atoms with Crippen molar-refractivity contribution >= 4 is 29.8 Å². The number of nitrogens with zero attached hydrogens (tertiary/aromatic N) is 1. The summed E-state index contributed by atoms with van der Waals surface area (Å²) in [6.45, 7) is -0.181. The van der Waals surface area contributed by atoms with Gasteiger partial charge in [-0.3, -0.25) is 9.59 Å². The number of para-hydroxylation sites is 1. The van der Waals surface area contributed by atoms with Gasteiger partial charge in [0.05, 0.1) is 25.4 Å². The van der Waals surface area contributed by atoms with E-state index < -0.39 is 5.91 Å². The number of methoxy groups -OCH3 is 1. The highest BCUT2D eigenvalue weighted by Crippen LogP contribution is 2.16. The largest absolute Gasteiger partial charge is 0.496 e. The second-order valence-electron chi connectivity index (χ2n) is 4.95. The third-order valence-electron chi connectivity index (χ3n) is 3.28. The molecule has 2 rings (SSSR count). The molecule has 2 N–H and O–H groups in total. The zero-order valence-corrected chi connectivity index (χ0v) is 14.8. The third kappa shape index (κ3) is 5.65. The number of hydrogen-bond donors (Lipinski definition) is 2. The lowest BCUT2D eigenvalue weighted by atomic mass is 10.2. The van der Waals surface area contributed by atoms with Crippen LogP contribution in [0, 0.1) is 0 Å². The molecular weight excluding hydrogens is 338 g/mol. The van der Waals surface area contributed by atoms with Gasteiger partial charge in [0.15, 0.2) is 0 Å². The maximum Gasteiger partial charge on any atom is 0.259 e. The summed E-state index contributed by atoms with van der Waals surface area (Å²) in [6, 6.07) is 14.6. The van der Waals surface area contributed by atoms with Crippen molar-refractivity contribution in [2.45, 2.75) is 4.90 Å². The molecule has 7 heteroatoms. The predicted molar refractivity (Wildman–Crippen MR) is 99.3 cm³/mol. The number of thioether (sulfide) groups is 1. The second kappa shape index (κ2) is 9.48. The van der Waals surface area contributed by atoms with Crippen molar-refractivity contribution in [2.24, 2.45) is 5.10 Å². The van der Waals surface area contributed by atoms with Gasteiger partial charge in [-0.1, -0.05) is 24.3 Å². The molecule has 0 aliphatic heterocycles. The Hall–Kier alpha value is -2.80. The summed E-state index contributed by atoms with van der Waals surface area (Å²) < 4.78 is 5.12. The fraction of sp³-hybridized carbons (Fsp3) is 0.167. The summed E-state index contributed by atoms with van der Waals surface area (Å²) in [5.74, 6) is -0.350. The average Bonchev–Trinajstić information content (AvgIpc) is 2.66. The van der Waals surface area contributed by atoms with E-state index in [4.69, 9.17) is 4.74 Å². The predicted octanol–water partition coefficient (Wildman–Crippen LogP) is 2.30. The fourth-order valence-electron chi connectivity index (χ4n) is 2.00. The SMILES string of the molecule is COc1ccccc1C(=O)NCC(=O)NN=Cc1ccc(SC)cc1. The van der Waals surface area contributed by atoms with Crippen LogP contribution in [0.4, 0.5) is 0 Å². The molecule has 2 aromatic carbocycles. The van der Waals surface area contributed by atoms with Crippen molar-refractivity contribution in [3.05, 3.63) is 59.7 Å². The summed E-state index contributed by atoms with van der Waals surface area (Å²) in [6.07, 6.45) is 3.55. The van der Waals surface area contributed by atoms with Gasteiger partial charge < -0.3 is 10.1 Å². The zero-order valence-electron chi connectivity index (χ0n) is 14.0. The van der Waals surface area contributed by atoms with Gasteiger partial charge in [0.25, 0.3) is 11.8 Å². The van der Waals surface area contributed by atoms with Gasteiger partial charge in [0.1, 0.15) is 5.75 Å². The van der Waals surface area contributed by atoms with Gasteiger partial charge in [-0.05, 0) is 36.1 Å². The molecule has 0 unspecified atom stereocenters. The molecule has 0 saturated carbocycles. The van der Waals surface area contributed by atoms with Crippen molar-refractivity contribution in [2.75, 3.05) is 19.9 Å². The van der Waals surface area contributed by atoms with Gasteiger partial charge in [-0.2, -0.15) is 5.10 Å². The van der Waals surface area contributed by atoms with Crippen LogP contribution in [0.15, 0.2) is 58.5 Å². The molecule has 2 aromatic rings. The van der Waals surface area contributed by atoms with Gasteiger partial charge in [0, 0.05) is 4.90 Å². The van der Waals surface area contributed by atoms with Crippen molar-refractivity contribution in [1.29, 1.82) is 0 Å². The number of amides is 2. The molecule has 0 radical (unpaired) electrons. The van der Waals surface area contributed by atoms with E-state index in [1.165, 1.54) is 7.11 Å². The number of benzene rings is 2. The van der Waals surface area contributed by atoms with Crippen molar-refractivity contribution in [1.82, 2.24) is 10.7 Å². The minimum atomic E-state index is -0.416. The highest BCUT2D eigenvalue weighted by Gasteiger charge is 2.12. The number of ether oxygens (including phenoxy) is 1. The van der Waals surface area contributed by atoms with E-state index in [9.17, 15) is 9.59 Å². The van der Waals surface area contributed by atoms with Crippen LogP contribution in [0.5, 0.6) is 5.75 Å². The number of hydrazone groups is 1. The number of nitrogens with one attached hydrogen (secondary N) is 2. The monoisotopic (exact) mass is 357 g/mol. The molecular formula is C18H19N3O3S. The van der Waals surface area contributed by atoms with E-state index in [-0.39, 0.29) is 12.5 Å². The van der Waals surface area contributed by atoms with Crippen molar-refractivity contribution in [3.63, 3.8) is 0 Å². The minimum Gasteiger partial charge on any atom is -0.496 e. The maximum atomic E-state index is 12.1. The van der Waals surface area contributed by atoms with E-state index in [1.807, 2.05) is 30.5 Å². The fourth-order valence-corrected chi connectivity index (χ4v) is 2.40. The van der Waals surface area contributed by atoms with E-state index in [0.29, 0.717) is 11.3 Å². The topological polar surface area (TPSA) is 79.8 Å². The normalized spacial score (nSPS) is 10.5. The summed E-state index contributed by atoms with van der Waals surface area (Å²) in [7, 11) is 1.49. The summed E-state index contributed by atoms with van der Waals surface area (Å²) in [5.41, 5.74) is 3.62. The standard InChI is InChI=1S/C18H19N3O3S/c1-24-16-6-4-3-5-15(16)18(23)19-12-17(22)21-20-11-13-7-9-14(25-2)10-8-13/h3-11H,12H2,1-2H3,(H,19,23)(H,21,22). The number of carbonyl (C=O) groups is 2. The maximum absolute atomic E-state index is 12.1. The molecule has 0 heterocycles. The Morgan fingerprint density at radius 3 is 2.56 bits per heavy atom. The third-order valence-corrected chi connectivity index (χ3v) is 4.02. The lowest BCUT2D eigenvalue weighted by Crippen LogP contribution is -2.35. The molecule has 0 spiro atoms. The molecule has 0 fully saturated rings. The minimum absolute atomic E-state index is 0.181. The van der Waals surface area contributed by atoms with Crippen LogP contribution in [0.2, 0.25) is 0 Å². The van der Waals surface area contributed by atoms with Crippen LogP contribution in [0.1, 0.15) is 15.9 Å². The Labute approximate surface area is 150 Å². The van der Waals surface area contributed by atoms with Gasteiger partial charge in [-0.15, -0.1) is 11.8 Å². The summed E-state index contributed by atoms with van der Waals surface area (Å²) in [5, 5.41) is 6.40. The highest BCUT2D eigenvalue weighted by atomic mass is 32.2. The Morgan fingerprint density at radius 2 is 1.88 bits per heavy atom. The Morgan fingerprint density at radius 1 is 1.16 bits per heavy atom.